The largest absolute Gasteiger partial charge is 0.497 e. The molecule has 0 unspecified atom stereocenters. The molecule has 0 bridgehead atoms. The Hall–Kier alpha value is -1.92. The van der Waals surface area contributed by atoms with E-state index in [1.54, 1.807) is 30.5 Å². The van der Waals surface area contributed by atoms with E-state index in [1.807, 2.05) is 6.07 Å². The van der Waals surface area contributed by atoms with Crippen LogP contribution in [0.1, 0.15) is 5.69 Å². The Labute approximate surface area is 112 Å². The van der Waals surface area contributed by atoms with Crippen LogP contribution in [-0.4, -0.2) is 20.5 Å². The number of nitrogens with zero attached hydrogens (tertiary/aromatic N) is 1. The minimum Gasteiger partial charge on any atom is -0.497 e. The molecule has 2 rings (SSSR count). The molecule has 0 atom stereocenters. The van der Waals surface area contributed by atoms with E-state index in [1.165, 1.54) is 19.2 Å². The minimum atomic E-state index is -3.56. The van der Waals surface area contributed by atoms with E-state index >= 15 is 0 Å². The fraction of sp³-hybridized carbons (Fsp3) is 0.154. The number of aromatic nitrogens is 1. The summed E-state index contributed by atoms with van der Waals surface area (Å²) in [6.07, 6.45) is 1.62. The van der Waals surface area contributed by atoms with Crippen molar-refractivity contribution in [2.24, 2.45) is 0 Å². The van der Waals surface area contributed by atoms with Crippen LogP contribution in [-0.2, 0) is 16.6 Å². The van der Waals surface area contributed by atoms with E-state index in [0.717, 1.165) is 0 Å². The molecule has 1 aromatic carbocycles. The van der Waals surface area contributed by atoms with Gasteiger partial charge in [0.1, 0.15) is 5.75 Å². The quantitative estimate of drug-likeness (QED) is 0.901. The summed E-state index contributed by atoms with van der Waals surface area (Å²) < 4.78 is 31.7. The van der Waals surface area contributed by atoms with Crippen LogP contribution in [0.5, 0.6) is 5.75 Å². The molecule has 0 aliphatic heterocycles. The molecule has 0 spiro atoms. The molecule has 19 heavy (non-hydrogen) atoms. The predicted molar refractivity (Wildman–Crippen MR) is 71.3 cm³/mol. The maximum Gasteiger partial charge on any atom is 0.241 e. The zero-order valence-electron chi connectivity index (χ0n) is 10.4. The Morgan fingerprint density at radius 2 is 2.05 bits per heavy atom. The summed E-state index contributed by atoms with van der Waals surface area (Å²) in [5, 5.41) is 0. The van der Waals surface area contributed by atoms with Crippen molar-refractivity contribution < 1.29 is 13.2 Å². The lowest BCUT2D eigenvalue weighted by molar-refractivity contribution is 0.413. The lowest BCUT2D eigenvalue weighted by Gasteiger charge is -2.07. The van der Waals surface area contributed by atoms with Gasteiger partial charge in [0.05, 0.1) is 24.2 Å². The Balaban J connectivity index is 2.14. The van der Waals surface area contributed by atoms with E-state index in [4.69, 9.17) is 4.74 Å². The number of hydrogen-bond donors (Lipinski definition) is 1. The SMILES string of the molecule is COc1cccc(S(=O)(=O)NCc2ccccn2)c1. The van der Waals surface area contributed by atoms with E-state index in [0.29, 0.717) is 11.4 Å². The summed E-state index contributed by atoms with van der Waals surface area (Å²) >= 11 is 0. The Kier molecular flexibility index (Phi) is 4.13. The third kappa shape index (κ3) is 3.52. The van der Waals surface area contributed by atoms with Gasteiger partial charge in [0.15, 0.2) is 0 Å². The molecular weight excluding hydrogens is 264 g/mol. The van der Waals surface area contributed by atoms with Gasteiger partial charge >= 0.3 is 0 Å². The molecule has 2 aromatic rings. The van der Waals surface area contributed by atoms with Crippen LogP contribution in [0.4, 0.5) is 0 Å². The zero-order valence-corrected chi connectivity index (χ0v) is 11.2. The molecule has 0 aliphatic rings. The summed E-state index contributed by atoms with van der Waals surface area (Å²) in [5.41, 5.74) is 0.661. The van der Waals surface area contributed by atoms with Crippen LogP contribution in [0.15, 0.2) is 53.6 Å². The maximum atomic E-state index is 12.1. The summed E-state index contributed by atoms with van der Waals surface area (Å²) in [4.78, 5) is 4.23. The number of ether oxygens (including phenoxy) is 1. The first-order valence-electron chi connectivity index (χ1n) is 5.65. The lowest BCUT2D eigenvalue weighted by Crippen LogP contribution is -2.23. The second-order valence-electron chi connectivity index (χ2n) is 3.82. The van der Waals surface area contributed by atoms with Crippen LogP contribution in [0.3, 0.4) is 0 Å². The van der Waals surface area contributed by atoms with Gasteiger partial charge in [-0.25, -0.2) is 13.1 Å². The van der Waals surface area contributed by atoms with Gasteiger partial charge in [-0.15, -0.1) is 0 Å². The number of hydrogen-bond acceptors (Lipinski definition) is 4. The van der Waals surface area contributed by atoms with Gasteiger partial charge in [0, 0.05) is 12.3 Å². The fourth-order valence-corrected chi connectivity index (χ4v) is 2.56. The van der Waals surface area contributed by atoms with E-state index in [2.05, 4.69) is 9.71 Å². The molecular formula is C13H14N2O3S. The molecule has 0 saturated carbocycles. The predicted octanol–water partition coefficient (Wildman–Crippen LogP) is 1.57. The van der Waals surface area contributed by atoms with Crippen molar-refractivity contribution in [1.82, 2.24) is 9.71 Å². The highest BCUT2D eigenvalue weighted by molar-refractivity contribution is 7.89. The van der Waals surface area contributed by atoms with Crippen molar-refractivity contribution in [3.8, 4) is 5.75 Å². The van der Waals surface area contributed by atoms with Gasteiger partial charge in [-0.1, -0.05) is 12.1 Å². The first-order chi connectivity index (χ1) is 9.12. The van der Waals surface area contributed by atoms with Gasteiger partial charge in [-0.05, 0) is 24.3 Å². The van der Waals surface area contributed by atoms with Crippen LogP contribution < -0.4 is 9.46 Å². The van der Waals surface area contributed by atoms with Gasteiger partial charge in [-0.3, -0.25) is 4.98 Å². The van der Waals surface area contributed by atoms with E-state index < -0.39 is 10.0 Å². The zero-order chi connectivity index (χ0) is 13.7. The highest BCUT2D eigenvalue weighted by Gasteiger charge is 2.14. The molecule has 0 saturated heterocycles. The van der Waals surface area contributed by atoms with E-state index in [9.17, 15) is 8.42 Å². The minimum absolute atomic E-state index is 0.153. The average Bonchev–Trinajstić information content (AvgIpc) is 2.46. The monoisotopic (exact) mass is 278 g/mol. The van der Waals surface area contributed by atoms with Crippen molar-refractivity contribution in [3.05, 3.63) is 54.4 Å². The molecule has 0 aliphatic carbocycles. The maximum absolute atomic E-state index is 12.1. The fourth-order valence-electron chi connectivity index (χ4n) is 1.52. The lowest BCUT2D eigenvalue weighted by atomic mass is 10.3. The number of rotatable bonds is 5. The van der Waals surface area contributed by atoms with E-state index in [-0.39, 0.29) is 11.4 Å². The molecule has 1 N–H and O–H groups in total. The molecule has 6 heteroatoms. The number of benzene rings is 1. The highest BCUT2D eigenvalue weighted by atomic mass is 32.2. The molecule has 0 fully saturated rings. The average molecular weight is 278 g/mol. The molecule has 5 nitrogen and oxygen atoms in total. The Morgan fingerprint density at radius 1 is 1.21 bits per heavy atom. The van der Waals surface area contributed by atoms with Crippen molar-refractivity contribution in [1.29, 1.82) is 0 Å². The molecule has 0 amide bonds. The van der Waals surface area contributed by atoms with Gasteiger partial charge in [0.25, 0.3) is 0 Å². The van der Waals surface area contributed by atoms with Crippen LogP contribution >= 0.6 is 0 Å². The standard InChI is InChI=1S/C13H14N2O3S/c1-18-12-6-4-7-13(9-12)19(16,17)15-10-11-5-2-3-8-14-11/h2-9,15H,10H2,1H3. The summed E-state index contributed by atoms with van der Waals surface area (Å²) in [7, 11) is -2.07. The van der Waals surface area contributed by atoms with Crippen LogP contribution in [0, 0.1) is 0 Å². The van der Waals surface area contributed by atoms with Gasteiger partial charge in [-0.2, -0.15) is 0 Å². The molecule has 100 valence electrons. The van der Waals surface area contributed by atoms with Crippen molar-refractivity contribution in [2.75, 3.05) is 7.11 Å². The third-order valence-corrected chi connectivity index (χ3v) is 3.92. The number of pyridine rings is 1. The Bertz CT molecular complexity index is 642. The normalized spacial score (nSPS) is 11.2. The number of nitrogens with one attached hydrogen (secondary N) is 1. The van der Waals surface area contributed by atoms with Crippen LogP contribution in [0.2, 0.25) is 0 Å². The highest BCUT2D eigenvalue weighted by Crippen LogP contribution is 2.16. The smallest absolute Gasteiger partial charge is 0.241 e. The van der Waals surface area contributed by atoms with Crippen LogP contribution in [0.25, 0.3) is 0 Å². The van der Waals surface area contributed by atoms with Gasteiger partial charge in [0.2, 0.25) is 10.0 Å². The topological polar surface area (TPSA) is 68.3 Å². The molecule has 1 aromatic heterocycles. The molecule has 1 heterocycles. The first kappa shape index (κ1) is 13.5. The first-order valence-corrected chi connectivity index (χ1v) is 7.14. The third-order valence-electron chi connectivity index (χ3n) is 2.52. The summed E-state index contributed by atoms with van der Waals surface area (Å²) in [6, 6.07) is 11.7. The van der Waals surface area contributed by atoms with Crippen molar-refractivity contribution >= 4 is 10.0 Å². The second kappa shape index (κ2) is 5.81. The second-order valence-corrected chi connectivity index (χ2v) is 5.59. The van der Waals surface area contributed by atoms with Crippen molar-refractivity contribution in [2.45, 2.75) is 11.4 Å². The Morgan fingerprint density at radius 3 is 2.74 bits per heavy atom. The van der Waals surface area contributed by atoms with Crippen molar-refractivity contribution in [3.63, 3.8) is 0 Å². The van der Waals surface area contributed by atoms with Gasteiger partial charge < -0.3 is 4.74 Å². The summed E-state index contributed by atoms with van der Waals surface area (Å²) in [6.45, 7) is 0.153. The molecule has 0 radical (unpaired) electrons. The summed E-state index contributed by atoms with van der Waals surface area (Å²) in [5.74, 6) is 0.501. The number of methoxy groups -OCH3 is 1. The number of sulfonamides is 1.